The molecule has 2 saturated heterocycles. The van der Waals surface area contributed by atoms with Crippen molar-refractivity contribution in [3.05, 3.63) is 11.6 Å². The number of ether oxygens (including phenoxy) is 3. The fourth-order valence-electron chi connectivity index (χ4n) is 3.89. The summed E-state index contributed by atoms with van der Waals surface area (Å²) in [6.07, 6.45) is 0.785. The van der Waals surface area contributed by atoms with E-state index in [1.165, 1.54) is 0 Å². The van der Waals surface area contributed by atoms with Crippen molar-refractivity contribution in [1.82, 2.24) is 0 Å². The molecule has 0 aromatic heterocycles. The zero-order valence-corrected chi connectivity index (χ0v) is 11.9. The molecular weight excluding hydrogens is 276 g/mol. The van der Waals surface area contributed by atoms with Gasteiger partial charge in [-0.1, -0.05) is 6.92 Å². The van der Waals surface area contributed by atoms with E-state index in [1.54, 1.807) is 13.0 Å². The van der Waals surface area contributed by atoms with E-state index in [9.17, 15) is 14.7 Å². The topological polar surface area (TPSA) is 85.4 Å². The number of rotatable bonds is 0. The maximum atomic E-state index is 12.0. The van der Waals surface area contributed by atoms with Crippen LogP contribution in [0.4, 0.5) is 0 Å². The van der Waals surface area contributed by atoms with Crippen molar-refractivity contribution < 1.29 is 28.9 Å². The second-order valence-corrected chi connectivity index (χ2v) is 6.71. The molecule has 6 heteroatoms. The van der Waals surface area contributed by atoms with Gasteiger partial charge in [-0.05, 0) is 13.0 Å². The van der Waals surface area contributed by atoms with Crippen LogP contribution in [0.5, 0.6) is 0 Å². The molecule has 0 spiro atoms. The fourth-order valence-corrected chi connectivity index (χ4v) is 3.89. The number of fused-ring (bicyclic) bond motifs is 4. The summed E-state index contributed by atoms with van der Waals surface area (Å²) < 4.78 is 16.6. The molecule has 0 radical (unpaired) electrons. The van der Waals surface area contributed by atoms with Crippen molar-refractivity contribution in [3.63, 3.8) is 0 Å². The van der Waals surface area contributed by atoms with Gasteiger partial charge in [-0.15, -0.1) is 0 Å². The van der Waals surface area contributed by atoms with Crippen LogP contribution in [0.3, 0.4) is 0 Å². The van der Waals surface area contributed by atoms with Crippen LogP contribution in [0.2, 0.25) is 0 Å². The quantitative estimate of drug-likeness (QED) is 0.512. The summed E-state index contributed by atoms with van der Waals surface area (Å²) in [4.78, 5) is 23.9. The molecule has 1 N–H and O–H groups in total. The molecule has 0 amide bonds. The molecular formula is C15H18O6. The minimum absolute atomic E-state index is 0.117. The zero-order valence-electron chi connectivity index (χ0n) is 11.9. The Hall–Kier alpha value is -1.40. The molecule has 1 aliphatic carbocycles. The van der Waals surface area contributed by atoms with Gasteiger partial charge in [0.2, 0.25) is 0 Å². The molecule has 4 aliphatic rings. The summed E-state index contributed by atoms with van der Waals surface area (Å²) in [7, 11) is 0. The van der Waals surface area contributed by atoms with Gasteiger partial charge in [0.1, 0.15) is 12.2 Å². The first-order valence-electron chi connectivity index (χ1n) is 7.38. The van der Waals surface area contributed by atoms with E-state index in [4.69, 9.17) is 14.2 Å². The van der Waals surface area contributed by atoms with Crippen molar-refractivity contribution in [2.24, 2.45) is 11.8 Å². The average molecular weight is 294 g/mol. The highest BCUT2D eigenvalue weighted by Gasteiger charge is 2.60. The van der Waals surface area contributed by atoms with Crippen LogP contribution >= 0.6 is 0 Å². The van der Waals surface area contributed by atoms with Crippen molar-refractivity contribution in [1.29, 1.82) is 0 Å². The number of carbonyl (C=O) groups is 2. The van der Waals surface area contributed by atoms with E-state index >= 15 is 0 Å². The Labute approximate surface area is 122 Å². The highest BCUT2D eigenvalue weighted by molar-refractivity contribution is 5.92. The number of epoxide rings is 1. The third-order valence-electron chi connectivity index (χ3n) is 5.29. The lowest BCUT2D eigenvalue weighted by atomic mass is 9.81. The van der Waals surface area contributed by atoms with Gasteiger partial charge >= 0.3 is 11.9 Å². The van der Waals surface area contributed by atoms with Gasteiger partial charge in [0.25, 0.3) is 0 Å². The molecule has 0 aromatic rings. The molecule has 6 nitrogen and oxygen atoms in total. The predicted molar refractivity (Wildman–Crippen MR) is 69.0 cm³/mol. The largest absolute Gasteiger partial charge is 0.462 e. The number of hydrogen-bond acceptors (Lipinski definition) is 6. The summed E-state index contributed by atoms with van der Waals surface area (Å²) in [5.41, 5.74) is -0.112. The standard InChI is InChI=1S/C15H18O6/c1-6-12-9-3-7(14(18)19-9)8(16)4-11-15(2,21-11)5-10(12)20-13(6)17/h3,6,8-12,16H,4-5H2,1-2H3/t6-,8+,9-,10+,11+,12+,15+/m1/s1. The second kappa shape index (κ2) is 4.08. The first-order valence-corrected chi connectivity index (χ1v) is 7.38. The van der Waals surface area contributed by atoms with E-state index in [1.807, 2.05) is 6.92 Å². The van der Waals surface area contributed by atoms with Crippen LogP contribution in [0.1, 0.15) is 26.7 Å². The molecule has 0 saturated carbocycles. The number of aliphatic hydroxyl groups excluding tert-OH is 1. The monoisotopic (exact) mass is 294 g/mol. The summed E-state index contributed by atoms with van der Waals surface area (Å²) in [5, 5.41) is 10.2. The van der Waals surface area contributed by atoms with Gasteiger partial charge in [-0.2, -0.15) is 0 Å². The number of aliphatic hydroxyl groups is 1. The zero-order chi connectivity index (χ0) is 14.9. The molecule has 0 unspecified atom stereocenters. The van der Waals surface area contributed by atoms with Crippen LogP contribution in [-0.2, 0) is 23.8 Å². The summed E-state index contributed by atoms with van der Waals surface area (Å²) in [5.74, 6) is -1.31. The smallest absolute Gasteiger partial charge is 0.337 e. The number of esters is 2. The fraction of sp³-hybridized carbons (Fsp3) is 0.733. The van der Waals surface area contributed by atoms with E-state index in [0.717, 1.165) is 0 Å². The van der Waals surface area contributed by atoms with Crippen LogP contribution < -0.4 is 0 Å². The second-order valence-electron chi connectivity index (χ2n) is 6.71. The molecule has 3 heterocycles. The summed E-state index contributed by atoms with van der Waals surface area (Å²) in [6, 6.07) is 0. The van der Waals surface area contributed by atoms with Gasteiger partial charge in [-0.3, -0.25) is 4.79 Å². The van der Waals surface area contributed by atoms with Crippen molar-refractivity contribution in [2.45, 2.75) is 56.7 Å². The van der Waals surface area contributed by atoms with Gasteiger partial charge < -0.3 is 19.3 Å². The summed E-state index contributed by atoms with van der Waals surface area (Å²) in [6.45, 7) is 3.75. The Balaban J connectivity index is 1.74. The average Bonchev–Trinajstić information content (AvgIpc) is 2.73. The van der Waals surface area contributed by atoms with E-state index in [2.05, 4.69) is 0 Å². The van der Waals surface area contributed by atoms with E-state index in [0.29, 0.717) is 12.8 Å². The number of hydrogen-bond donors (Lipinski definition) is 1. The Bertz CT molecular complexity index is 554. The van der Waals surface area contributed by atoms with Gasteiger partial charge in [-0.25, -0.2) is 4.79 Å². The molecule has 2 fully saturated rings. The molecule has 114 valence electrons. The third-order valence-corrected chi connectivity index (χ3v) is 5.29. The molecule has 2 bridgehead atoms. The first kappa shape index (κ1) is 13.3. The lowest BCUT2D eigenvalue weighted by Gasteiger charge is -2.25. The summed E-state index contributed by atoms with van der Waals surface area (Å²) >= 11 is 0. The predicted octanol–water partition coefficient (Wildman–Crippen LogP) is 0.328. The number of carbonyl (C=O) groups excluding carboxylic acids is 2. The highest BCUT2D eigenvalue weighted by Crippen LogP contribution is 2.49. The SMILES string of the molecule is C[C@H]1C(=O)O[C@H]2C[C@]3(C)O[C@H]3C[C@H](O)C3=C[C@@H](OC3=O)[C@@H]21. The molecule has 0 aromatic carbocycles. The van der Waals surface area contributed by atoms with E-state index in [-0.39, 0.29) is 35.6 Å². The van der Waals surface area contributed by atoms with Gasteiger partial charge in [0, 0.05) is 18.8 Å². The normalized spacial score (nSPS) is 51.5. The lowest BCUT2D eigenvalue weighted by Crippen LogP contribution is -2.35. The minimum atomic E-state index is -0.876. The maximum Gasteiger partial charge on any atom is 0.337 e. The van der Waals surface area contributed by atoms with Crippen LogP contribution in [-0.4, -0.2) is 47.1 Å². The van der Waals surface area contributed by atoms with Crippen LogP contribution in [0.25, 0.3) is 0 Å². The molecule has 3 aliphatic heterocycles. The lowest BCUT2D eigenvalue weighted by molar-refractivity contribution is -0.144. The van der Waals surface area contributed by atoms with Gasteiger partial charge in [0.15, 0.2) is 0 Å². The molecule has 21 heavy (non-hydrogen) atoms. The van der Waals surface area contributed by atoms with Crippen molar-refractivity contribution >= 4 is 11.9 Å². The molecule has 4 rings (SSSR count). The van der Waals surface area contributed by atoms with Crippen molar-refractivity contribution in [3.8, 4) is 0 Å². The Morgan fingerprint density at radius 3 is 2.86 bits per heavy atom. The Kier molecular flexibility index (Phi) is 2.58. The van der Waals surface area contributed by atoms with E-state index < -0.39 is 23.8 Å². The van der Waals surface area contributed by atoms with Gasteiger partial charge in [0.05, 0.1) is 29.3 Å². The maximum absolute atomic E-state index is 12.0. The van der Waals surface area contributed by atoms with Crippen LogP contribution in [0, 0.1) is 11.8 Å². The molecule has 7 atom stereocenters. The Morgan fingerprint density at radius 1 is 1.33 bits per heavy atom. The first-order chi connectivity index (χ1) is 9.89. The minimum Gasteiger partial charge on any atom is -0.462 e. The van der Waals surface area contributed by atoms with Crippen molar-refractivity contribution in [2.75, 3.05) is 0 Å². The Morgan fingerprint density at radius 2 is 2.10 bits per heavy atom. The highest BCUT2D eigenvalue weighted by atomic mass is 16.6. The van der Waals surface area contributed by atoms with Crippen LogP contribution in [0.15, 0.2) is 11.6 Å². The third kappa shape index (κ3) is 1.85.